The number of nitrogens with zero attached hydrogens (tertiary/aromatic N) is 4. The molecule has 0 bridgehead atoms. The van der Waals surface area contributed by atoms with Gasteiger partial charge in [-0.05, 0) is 45.4 Å². The van der Waals surface area contributed by atoms with E-state index in [0.717, 1.165) is 44.8 Å². The third kappa shape index (κ3) is 5.29. The van der Waals surface area contributed by atoms with Gasteiger partial charge in [0.15, 0.2) is 5.69 Å². The van der Waals surface area contributed by atoms with E-state index in [0.29, 0.717) is 17.9 Å². The molecule has 2 atom stereocenters. The highest BCUT2D eigenvalue weighted by Gasteiger charge is 2.21. The lowest BCUT2D eigenvalue weighted by atomic mass is 10.2. The van der Waals surface area contributed by atoms with Crippen LogP contribution in [0.4, 0.5) is 5.82 Å². The molecule has 0 amide bonds. The summed E-state index contributed by atoms with van der Waals surface area (Å²) in [5.74, 6) is 0.725. The maximum atomic E-state index is 8.65. The summed E-state index contributed by atoms with van der Waals surface area (Å²) in [5.41, 5.74) is 0.344. The smallest absolute Gasteiger partial charge is 0.163 e. The first kappa shape index (κ1) is 15.7. The van der Waals surface area contributed by atoms with E-state index in [9.17, 15) is 0 Å². The standard InChI is InChI=1S/C15H23N5O/c1-12-10-20(11-13(2)21-12)8-4-3-7-17-15-6-5-14(9-16)18-19-15/h5-6,12-13H,3-4,7-8,10-11H2,1-2H3,(H,17,19). The monoisotopic (exact) mass is 289 g/mol. The minimum absolute atomic E-state index is 0.334. The topological polar surface area (TPSA) is 74.1 Å². The van der Waals surface area contributed by atoms with Crippen LogP contribution in [0, 0.1) is 11.3 Å². The van der Waals surface area contributed by atoms with Gasteiger partial charge in [0.25, 0.3) is 0 Å². The van der Waals surface area contributed by atoms with Crippen molar-refractivity contribution in [1.29, 1.82) is 5.26 Å². The van der Waals surface area contributed by atoms with E-state index in [1.54, 1.807) is 12.1 Å². The van der Waals surface area contributed by atoms with Crippen LogP contribution in [0.25, 0.3) is 0 Å². The van der Waals surface area contributed by atoms with Crippen molar-refractivity contribution in [2.24, 2.45) is 0 Å². The van der Waals surface area contributed by atoms with Crippen LogP contribution in [0.15, 0.2) is 12.1 Å². The predicted molar refractivity (Wildman–Crippen MR) is 80.9 cm³/mol. The molecule has 2 heterocycles. The maximum absolute atomic E-state index is 8.65. The third-order valence-corrected chi connectivity index (χ3v) is 3.48. The molecule has 2 unspecified atom stereocenters. The molecular formula is C15H23N5O. The fourth-order valence-electron chi connectivity index (χ4n) is 2.63. The summed E-state index contributed by atoms with van der Waals surface area (Å²) in [5, 5.41) is 19.6. The van der Waals surface area contributed by atoms with Crippen molar-refractivity contribution in [1.82, 2.24) is 15.1 Å². The van der Waals surface area contributed by atoms with E-state index in [4.69, 9.17) is 10.00 Å². The number of rotatable bonds is 6. The summed E-state index contributed by atoms with van der Waals surface area (Å²) in [4.78, 5) is 2.47. The van der Waals surface area contributed by atoms with Gasteiger partial charge in [0.05, 0.1) is 12.2 Å². The van der Waals surface area contributed by atoms with Gasteiger partial charge in [-0.2, -0.15) is 5.26 Å². The van der Waals surface area contributed by atoms with Crippen LogP contribution >= 0.6 is 0 Å². The number of nitrogens with one attached hydrogen (secondary N) is 1. The van der Waals surface area contributed by atoms with Crippen molar-refractivity contribution >= 4 is 5.82 Å². The van der Waals surface area contributed by atoms with Gasteiger partial charge in [-0.3, -0.25) is 4.90 Å². The molecule has 114 valence electrons. The Morgan fingerprint density at radius 3 is 2.67 bits per heavy atom. The first-order chi connectivity index (χ1) is 10.2. The summed E-state index contributed by atoms with van der Waals surface area (Å²) in [6.45, 7) is 8.30. The number of unbranched alkanes of at least 4 members (excludes halogenated alkanes) is 1. The van der Waals surface area contributed by atoms with Crippen LogP contribution < -0.4 is 5.32 Å². The fraction of sp³-hybridized carbons (Fsp3) is 0.667. The second kappa shape index (κ2) is 7.91. The second-order valence-electron chi connectivity index (χ2n) is 5.57. The first-order valence-electron chi connectivity index (χ1n) is 7.53. The molecule has 1 aromatic rings. The van der Waals surface area contributed by atoms with E-state index < -0.39 is 0 Å². The Bertz CT molecular complexity index is 460. The zero-order valence-corrected chi connectivity index (χ0v) is 12.7. The normalized spacial score (nSPS) is 22.7. The molecule has 1 aliphatic rings. The molecule has 1 N–H and O–H groups in total. The lowest BCUT2D eigenvalue weighted by molar-refractivity contribution is -0.0681. The lowest BCUT2D eigenvalue weighted by Gasteiger charge is -2.35. The average Bonchev–Trinajstić information content (AvgIpc) is 2.46. The largest absolute Gasteiger partial charge is 0.373 e. The molecule has 6 nitrogen and oxygen atoms in total. The van der Waals surface area contributed by atoms with Crippen LogP contribution in [0.3, 0.4) is 0 Å². The maximum Gasteiger partial charge on any atom is 0.163 e. The van der Waals surface area contributed by atoms with E-state index in [1.165, 1.54) is 0 Å². The van der Waals surface area contributed by atoms with Gasteiger partial charge < -0.3 is 10.1 Å². The Kier molecular flexibility index (Phi) is 5.90. The van der Waals surface area contributed by atoms with Gasteiger partial charge in [-0.15, -0.1) is 10.2 Å². The first-order valence-corrected chi connectivity index (χ1v) is 7.53. The predicted octanol–water partition coefficient (Wildman–Crippen LogP) is 1.65. The highest BCUT2D eigenvalue weighted by molar-refractivity contribution is 5.34. The summed E-state index contributed by atoms with van der Waals surface area (Å²) >= 11 is 0. The number of ether oxygens (including phenoxy) is 1. The zero-order valence-electron chi connectivity index (χ0n) is 12.7. The Morgan fingerprint density at radius 1 is 1.29 bits per heavy atom. The van der Waals surface area contributed by atoms with E-state index in [2.05, 4.69) is 34.3 Å². The van der Waals surface area contributed by atoms with Crippen LogP contribution in [0.2, 0.25) is 0 Å². The van der Waals surface area contributed by atoms with Gasteiger partial charge in [0.1, 0.15) is 11.9 Å². The summed E-state index contributed by atoms with van der Waals surface area (Å²) in [6, 6.07) is 5.42. The number of anilines is 1. The van der Waals surface area contributed by atoms with E-state index >= 15 is 0 Å². The molecule has 1 saturated heterocycles. The molecule has 2 rings (SSSR count). The third-order valence-electron chi connectivity index (χ3n) is 3.48. The molecule has 0 spiro atoms. The minimum Gasteiger partial charge on any atom is -0.373 e. The minimum atomic E-state index is 0.334. The van der Waals surface area contributed by atoms with Crippen molar-refractivity contribution < 1.29 is 4.74 Å². The number of hydrogen-bond acceptors (Lipinski definition) is 6. The Labute approximate surface area is 126 Å². The molecule has 0 aromatic carbocycles. The van der Waals surface area contributed by atoms with Gasteiger partial charge in [-0.1, -0.05) is 0 Å². The molecule has 21 heavy (non-hydrogen) atoms. The van der Waals surface area contributed by atoms with Gasteiger partial charge in [0, 0.05) is 19.6 Å². The molecule has 1 fully saturated rings. The van der Waals surface area contributed by atoms with Gasteiger partial charge in [0.2, 0.25) is 0 Å². The lowest BCUT2D eigenvalue weighted by Crippen LogP contribution is -2.45. The summed E-state index contributed by atoms with van der Waals surface area (Å²) < 4.78 is 5.73. The van der Waals surface area contributed by atoms with Crippen LogP contribution in [0.1, 0.15) is 32.4 Å². The molecule has 0 saturated carbocycles. The summed E-state index contributed by atoms with van der Waals surface area (Å²) in [6.07, 6.45) is 2.90. The molecule has 6 heteroatoms. The second-order valence-corrected chi connectivity index (χ2v) is 5.57. The van der Waals surface area contributed by atoms with E-state index in [-0.39, 0.29) is 0 Å². The molecule has 0 aliphatic carbocycles. The van der Waals surface area contributed by atoms with Crippen LogP contribution in [-0.2, 0) is 4.74 Å². The quantitative estimate of drug-likeness (QED) is 0.803. The van der Waals surface area contributed by atoms with Crippen molar-refractivity contribution in [2.45, 2.75) is 38.9 Å². The zero-order chi connectivity index (χ0) is 15.1. The Hall–Kier alpha value is -1.71. The molecular weight excluding hydrogens is 266 g/mol. The molecule has 1 aliphatic heterocycles. The average molecular weight is 289 g/mol. The van der Waals surface area contributed by atoms with Crippen LogP contribution in [-0.4, -0.2) is 53.5 Å². The SMILES string of the molecule is CC1CN(CCCCNc2ccc(C#N)nn2)CC(C)O1. The molecule has 1 aromatic heterocycles. The van der Waals surface area contributed by atoms with Crippen LogP contribution in [0.5, 0.6) is 0 Å². The number of morpholine rings is 1. The Balaban J connectivity index is 1.60. The number of nitriles is 1. The van der Waals surface area contributed by atoms with Gasteiger partial charge in [-0.25, -0.2) is 0 Å². The Morgan fingerprint density at radius 2 is 2.05 bits per heavy atom. The highest BCUT2D eigenvalue weighted by atomic mass is 16.5. The van der Waals surface area contributed by atoms with Crippen molar-refractivity contribution in [3.05, 3.63) is 17.8 Å². The fourth-order valence-corrected chi connectivity index (χ4v) is 2.63. The van der Waals surface area contributed by atoms with Crippen molar-refractivity contribution in [2.75, 3.05) is 31.5 Å². The van der Waals surface area contributed by atoms with Crippen molar-refractivity contribution in [3.8, 4) is 6.07 Å². The number of hydrogen-bond donors (Lipinski definition) is 1. The molecule has 0 radical (unpaired) electrons. The highest BCUT2D eigenvalue weighted by Crippen LogP contribution is 2.11. The summed E-state index contributed by atoms with van der Waals surface area (Å²) in [7, 11) is 0. The van der Waals surface area contributed by atoms with Gasteiger partial charge >= 0.3 is 0 Å². The number of aromatic nitrogens is 2. The van der Waals surface area contributed by atoms with E-state index in [1.807, 2.05) is 6.07 Å². The van der Waals surface area contributed by atoms with Crippen molar-refractivity contribution in [3.63, 3.8) is 0 Å².